The first-order chi connectivity index (χ1) is 2.83. The van der Waals surface area contributed by atoms with Crippen molar-refractivity contribution < 1.29 is 5.11 Å². The summed E-state index contributed by atoms with van der Waals surface area (Å²) >= 11 is 0. The fraction of sp³-hybridized carbons (Fsp3) is 0.600. The van der Waals surface area contributed by atoms with Crippen LogP contribution in [0.1, 0.15) is 13.8 Å². The van der Waals surface area contributed by atoms with Crippen molar-refractivity contribution in [1.29, 1.82) is 0 Å². The van der Waals surface area contributed by atoms with Gasteiger partial charge in [-0.3, -0.25) is 0 Å². The zero-order valence-corrected chi connectivity index (χ0v) is 4.23. The molecule has 6 heavy (non-hydrogen) atoms. The van der Waals surface area contributed by atoms with Crippen LogP contribution in [0.4, 0.5) is 0 Å². The molecule has 0 aliphatic carbocycles. The van der Waals surface area contributed by atoms with Gasteiger partial charge in [0.15, 0.2) is 0 Å². The molecule has 0 rings (SSSR count). The summed E-state index contributed by atoms with van der Waals surface area (Å²) in [6.45, 7) is 3.58. The van der Waals surface area contributed by atoms with Crippen molar-refractivity contribution in [2.75, 3.05) is 6.61 Å². The summed E-state index contributed by atoms with van der Waals surface area (Å²) in [5.41, 5.74) is 0. The summed E-state index contributed by atoms with van der Waals surface area (Å²) in [6.07, 6.45) is 4.60. The topological polar surface area (TPSA) is 20.2 Å². The molecule has 0 bridgehead atoms. The van der Waals surface area contributed by atoms with Crippen molar-refractivity contribution in [3.8, 4) is 12.3 Å². The highest BCUT2D eigenvalue weighted by Crippen LogP contribution is 1.30. The molecule has 0 radical (unpaired) electrons. The summed E-state index contributed by atoms with van der Waals surface area (Å²) in [5.74, 6) is 2.25. The van der Waals surface area contributed by atoms with Gasteiger partial charge in [0.2, 0.25) is 0 Å². The van der Waals surface area contributed by atoms with Crippen molar-refractivity contribution in [2.24, 2.45) is 0 Å². The Morgan fingerprint density at radius 2 is 1.83 bits per heavy atom. The summed E-state index contributed by atoms with van der Waals surface area (Å²) in [7, 11) is 0. The molecule has 0 saturated heterocycles. The van der Waals surface area contributed by atoms with Crippen molar-refractivity contribution in [2.45, 2.75) is 13.8 Å². The number of aliphatic hydroxyl groups excluding tert-OH is 1. The van der Waals surface area contributed by atoms with Gasteiger partial charge in [-0.15, -0.1) is 12.3 Å². The Morgan fingerprint density at radius 3 is 1.83 bits per heavy atom. The van der Waals surface area contributed by atoms with Gasteiger partial charge in [0.1, 0.15) is 0 Å². The molecule has 1 nitrogen and oxygen atoms in total. The van der Waals surface area contributed by atoms with E-state index in [0.717, 1.165) is 0 Å². The highest BCUT2D eigenvalue weighted by atomic mass is 16.2. The van der Waals surface area contributed by atoms with Crippen LogP contribution in [-0.4, -0.2) is 11.7 Å². The predicted octanol–water partition coefficient (Wildman–Crippen LogP) is 0.638. The summed E-state index contributed by atoms with van der Waals surface area (Å²) in [6, 6.07) is 0. The third-order valence-electron chi connectivity index (χ3n) is 0. The molecular formula is C5H10O. The van der Waals surface area contributed by atoms with E-state index in [2.05, 4.69) is 12.3 Å². The smallest absolute Gasteiger partial charge is 0.0402 e. The maximum absolute atomic E-state index is 7.57. The van der Waals surface area contributed by atoms with Crippen LogP contribution in [0.2, 0.25) is 0 Å². The minimum atomic E-state index is 0.250. The monoisotopic (exact) mass is 86.1 g/mol. The molecule has 1 heteroatoms. The van der Waals surface area contributed by atoms with Crippen molar-refractivity contribution in [3.63, 3.8) is 0 Å². The van der Waals surface area contributed by atoms with E-state index in [4.69, 9.17) is 5.11 Å². The summed E-state index contributed by atoms with van der Waals surface area (Å²) in [4.78, 5) is 0. The first-order valence-corrected chi connectivity index (χ1v) is 1.81. The number of terminal acetylenes is 1. The molecule has 0 heterocycles. The molecule has 0 fully saturated rings. The van der Waals surface area contributed by atoms with Gasteiger partial charge in [-0.25, -0.2) is 0 Å². The average molecular weight is 86.1 g/mol. The molecule has 0 aromatic rings. The Kier molecular flexibility index (Phi) is 36.8. The van der Waals surface area contributed by atoms with Crippen molar-refractivity contribution in [1.82, 2.24) is 0 Å². The van der Waals surface area contributed by atoms with E-state index in [-0.39, 0.29) is 6.61 Å². The van der Waals surface area contributed by atoms with Gasteiger partial charge in [-0.05, 0) is 13.8 Å². The highest BCUT2D eigenvalue weighted by molar-refractivity contribution is 4.73. The van der Waals surface area contributed by atoms with Crippen LogP contribution in [-0.2, 0) is 0 Å². The van der Waals surface area contributed by atoms with Gasteiger partial charge in [0, 0.05) is 6.61 Å². The number of hydrogen-bond donors (Lipinski definition) is 1. The third-order valence-corrected chi connectivity index (χ3v) is 0. The van der Waals surface area contributed by atoms with Gasteiger partial charge >= 0.3 is 0 Å². The fourth-order valence-corrected chi connectivity index (χ4v) is 0. The fourth-order valence-electron chi connectivity index (χ4n) is 0. The zero-order chi connectivity index (χ0) is 5.41. The lowest BCUT2D eigenvalue weighted by atomic mass is 10.9. The van der Waals surface area contributed by atoms with E-state index >= 15 is 0 Å². The second-order valence-electron chi connectivity index (χ2n) is 0.605. The van der Waals surface area contributed by atoms with Gasteiger partial charge in [0.05, 0.1) is 0 Å². The first kappa shape index (κ1) is 9.10. The van der Waals surface area contributed by atoms with E-state index in [1.165, 1.54) is 0 Å². The molecule has 0 aromatic heterocycles. The van der Waals surface area contributed by atoms with Crippen LogP contribution in [0, 0.1) is 12.3 Å². The van der Waals surface area contributed by atoms with Gasteiger partial charge in [-0.2, -0.15) is 0 Å². The molecule has 0 saturated carbocycles. The lowest BCUT2D eigenvalue weighted by Crippen LogP contribution is -1.57. The molecule has 0 atom stereocenters. The van der Waals surface area contributed by atoms with Crippen LogP contribution in [0.25, 0.3) is 0 Å². The molecule has 36 valence electrons. The molecule has 0 aliphatic rings. The van der Waals surface area contributed by atoms with Crippen LogP contribution >= 0.6 is 0 Å². The average Bonchev–Trinajstić information content (AvgIpc) is 1.39. The minimum absolute atomic E-state index is 0.250. The number of aliphatic hydroxyl groups is 1. The lowest BCUT2D eigenvalue weighted by molar-refractivity contribution is 0.318. The SMILES string of the molecule is C#CC.CCO. The Labute approximate surface area is 39.0 Å². The largest absolute Gasteiger partial charge is 0.397 e. The van der Waals surface area contributed by atoms with Crippen LogP contribution < -0.4 is 0 Å². The van der Waals surface area contributed by atoms with Gasteiger partial charge in [-0.1, -0.05) is 0 Å². The number of rotatable bonds is 0. The number of hydrogen-bond acceptors (Lipinski definition) is 1. The van der Waals surface area contributed by atoms with Gasteiger partial charge in [0.25, 0.3) is 0 Å². The quantitative estimate of drug-likeness (QED) is 0.429. The van der Waals surface area contributed by atoms with Crippen LogP contribution in [0.3, 0.4) is 0 Å². The van der Waals surface area contributed by atoms with E-state index in [1.807, 2.05) is 0 Å². The Hall–Kier alpha value is -0.480. The van der Waals surface area contributed by atoms with Crippen LogP contribution in [0.15, 0.2) is 0 Å². The van der Waals surface area contributed by atoms with E-state index < -0.39 is 0 Å². The molecule has 0 amide bonds. The maximum Gasteiger partial charge on any atom is 0.0402 e. The Morgan fingerprint density at radius 1 is 1.83 bits per heavy atom. The van der Waals surface area contributed by atoms with Crippen molar-refractivity contribution in [3.05, 3.63) is 0 Å². The molecule has 1 N–H and O–H groups in total. The minimum Gasteiger partial charge on any atom is -0.397 e. The summed E-state index contributed by atoms with van der Waals surface area (Å²) < 4.78 is 0. The Balaban J connectivity index is 0. The zero-order valence-electron chi connectivity index (χ0n) is 4.23. The molecule has 0 unspecified atom stereocenters. The molecule has 0 aromatic carbocycles. The Bertz CT molecular complexity index is 33.7. The van der Waals surface area contributed by atoms with E-state index in [9.17, 15) is 0 Å². The first-order valence-electron chi connectivity index (χ1n) is 1.81. The lowest BCUT2D eigenvalue weighted by Gasteiger charge is -1.52. The second-order valence-corrected chi connectivity index (χ2v) is 0.605. The van der Waals surface area contributed by atoms with Crippen LogP contribution in [0.5, 0.6) is 0 Å². The molecule has 0 spiro atoms. The van der Waals surface area contributed by atoms with E-state index in [1.54, 1.807) is 13.8 Å². The molecular weight excluding hydrogens is 76.1 g/mol. The van der Waals surface area contributed by atoms with Crippen molar-refractivity contribution >= 4 is 0 Å². The summed E-state index contributed by atoms with van der Waals surface area (Å²) in [5, 5.41) is 7.57. The standard InChI is InChI=1S/C3H4.C2H6O/c1-3-2;1-2-3/h1H,2H3;3H,2H2,1H3. The van der Waals surface area contributed by atoms with Gasteiger partial charge < -0.3 is 5.11 Å². The second kappa shape index (κ2) is 24.2. The van der Waals surface area contributed by atoms with E-state index in [0.29, 0.717) is 0 Å². The molecule has 0 aliphatic heterocycles. The predicted molar refractivity (Wildman–Crippen MR) is 27.3 cm³/mol. The third kappa shape index (κ3) is 97.0. The highest BCUT2D eigenvalue weighted by Gasteiger charge is 1.34. The maximum atomic E-state index is 7.57. The normalized spacial score (nSPS) is 4.33.